The first-order valence-corrected chi connectivity index (χ1v) is 5.93. The second-order valence-corrected chi connectivity index (χ2v) is 3.84. The van der Waals surface area contributed by atoms with Crippen molar-refractivity contribution in [2.45, 2.75) is 64.2 Å². The molecular formula is C13H23O. The van der Waals surface area contributed by atoms with E-state index in [0.717, 1.165) is 19.3 Å². The Kier molecular flexibility index (Phi) is 12.1. The monoisotopic (exact) mass is 195 g/mol. The summed E-state index contributed by atoms with van der Waals surface area (Å²) in [6.07, 6.45) is 17.1. The summed E-state index contributed by atoms with van der Waals surface area (Å²) in [6.45, 7) is 0.103. The van der Waals surface area contributed by atoms with E-state index < -0.39 is 0 Å². The van der Waals surface area contributed by atoms with Crippen LogP contribution in [0.3, 0.4) is 0 Å². The van der Waals surface area contributed by atoms with Crippen LogP contribution >= 0.6 is 0 Å². The second kappa shape index (κ2) is 12.5. The van der Waals surface area contributed by atoms with Crippen LogP contribution in [-0.2, 0) is 5.11 Å². The molecule has 1 heteroatoms. The predicted molar refractivity (Wildman–Crippen MR) is 60.6 cm³/mol. The minimum absolute atomic E-state index is 0.103. The molecule has 0 heterocycles. The van der Waals surface area contributed by atoms with Gasteiger partial charge < -0.3 is 0 Å². The molecule has 0 N–H and O–H groups in total. The first kappa shape index (κ1) is 13.5. The maximum Gasteiger partial charge on any atom is 0.0822 e. The molecule has 0 rings (SSSR count). The van der Waals surface area contributed by atoms with E-state index >= 15 is 0 Å². The molecule has 0 saturated heterocycles. The lowest BCUT2D eigenvalue weighted by atomic mass is 10.1. The average molecular weight is 195 g/mol. The van der Waals surface area contributed by atoms with Gasteiger partial charge >= 0.3 is 0 Å². The van der Waals surface area contributed by atoms with Crippen molar-refractivity contribution >= 4 is 0 Å². The largest absolute Gasteiger partial charge is 0.237 e. The van der Waals surface area contributed by atoms with Crippen LogP contribution in [0, 0.1) is 12.3 Å². The lowest BCUT2D eigenvalue weighted by molar-refractivity contribution is 0.186. The zero-order chi connectivity index (χ0) is 10.5. The van der Waals surface area contributed by atoms with Crippen molar-refractivity contribution in [2.75, 3.05) is 6.61 Å². The van der Waals surface area contributed by atoms with Crippen molar-refractivity contribution in [2.24, 2.45) is 0 Å². The molecule has 0 aliphatic carbocycles. The van der Waals surface area contributed by atoms with Crippen LogP contribution in [0.4, 0.5) is 0 Å². The minimum Gasteiger partial charge on any atom is -0.237 e. The fraction of sp³-hybridized carbons (Fsp3) is 0.846. The molecule has 0 aromatic carbocycles. The Balaban J connectivity index is 2.82. The van der Waals surface area contributed by atoms with Crippen molar-refractivity contribution in [3.05, 3.63) is 0 Å². The third kappa shape index (κ3) is 11.5. The summed E-state index contributed by atoms with van der Waals surface area (Å²) in [5.41, 5.74) is 0. The number of rotatable bonds is 10. The highest BCUT2D eigenvalue weighted by Gasteiger charge is 1.91. The SMILES string of the molecule is C#CCCCCCCCCCCC[O]. The van der Waals surface area contributed by atoms with Gasteiger partial charge in [-0.1, -0.05) is 44.9 Å². The van der Waals surface area contributed by atoms with Crippen LogP contribution in [0.25, 0.3) is 0 Å². The topological polar surface area (TPSA) is 19.9 Å². The van der Waals surface area contributed by atoms with Gasteiger partial charge in [-0.3, -0.25) is 0 Å². The molecule has 14 heavy (non-hydrogen) atoms. The van der Waals surface area contributed by atoms with E-state index in [4.69, 9.17) is 6.42 Å². The van der Waals surface area contributed by atoms with Gasteiger partial charge in [0.15, 0.2) is 0 Å². The van der Waals surface area contributed by atoms with Crippen molar-refractivity contribution in [1.29, 1.82) is 0 Å². The Morgan fingerprint density at radius 3 is 1.57 bits per heavy atom. The molecule has 0 amide bonds. The average Bonchev–Trinajstić information content (AvgIpc) is 2.21. The summed E-state index contributed by atoms with van der Waals surface area (Å²) < 4.78 is 0. The van der Waals surface area contributed by atoms with Gasteiger partial charge in [-0.25, -0.2) is 5.11 Å². The van der Waals surface area contributed by atoms with Gasteiger partial charge in [0.05, 0.1) is 6.61 Å². The number of hydrogen-bond donors (Lipinski definition) is 0. The number of hydrogen-bond acceptors (Lipinski definition) is 0. The molecule has 0 aromatic heterocycles. The molecule has 0 saturated carbocycles. The molecule has 1 radical (unpaired) electrons. The van der Waals surface area contributed by atoms with E-state index in [0.29, 0.717) is 0 Å². The van der Waals surface area contributed by atoms with Crippen LogP contribution in [-0.4, -0.2) is 6.61 Å². The third-order valence-corrected chi connectivity index (χ3v) is 2.47. The lowest BCUT2D eigenvalue weighted by Crippen LogP contribution is -1.83. The smallest absolute Gasteiger partial charge is 0.0822 e. The third-order valence-electron chi connectivity index (χ3n) is 2.47. The molecule has 0 unspecified atom stereocenters. The number of unbranched alkanes of at least 4 members (excludes halogenated alkanes) is 9. The van der Waals surface area contributed by atoms with E-state index in [1.165, 1.54) is 44.9 Å². The lowest BCUT2D eigenvalue weighted by Gasteiger charge is -2.00. The van der Waals surface area contributed by atoms with Gasteiger partial charge in [0.25, 0.3) is 0 Å². The van der Waals surface area contributed by atoms with Gasteiger partial charge in [0.1, 0.15) is 0 Å². The molecule has 0 aliphatic rings. The maximum absolute atomic E-state index is 10.1. The van der Waals surface area contributed by atoms with Gasteiger partial charge in [0.2, 0.25) is 0 Å². The Hall–Kier alpha value is -0.480. The summed E-state index contributed by atoms with van der Waals surface area (Å²) in [5.74, 6) is 2.66. The van der Waals surface area contributed by atoms with Crippen molar-refractivity contribution in [1.82, 2.24) is 0 Å². The Morgan fingerprint density at radius 2 is 1.14 bits per heavy atom. The molecule has 0 fully saturated rings. The molecule has 1 nitrogen and oxygen atoms in total. The van der Waals surface area contributed by atoms with Gasteiger partial charge in [-0.2, -0.15) is 0 Å². The molecule has 0 atom stereocenters. The summed E-state index contributed by atoms with van der Waals surface area (Å²) in [7, 11) is 0. The highest BCUT2D eigenvalue weighted by Crippen LogP contribution is 2.10. The van der Waals surface area contributed by atoms with Crippen LogP contribution in [0.1, 0.15) is 64.2 Å². The van der Waals surface area contributed by atoms with Crippen LogP contribution in [0.5, 0.6) is 0 Å². The van der Waals surface area contributed by atoms with Gasteiger partial charge in [-0.15, -0.1) is 12.3 Å². The van der Waals surface area contributed by atoms with E-state index in [-0.39, 0.29) is 6.61 Å². The fourth-order valence-corrected chi connectivity index (χ4v) is 1.57. The fourth-order valence-electron chi connectivity index (χ4n) is 1.57. The normalized spacial score (nSPS) is 10.0. The Morgan fingerprint density at radius 1 is 0.714 bits per heavy atom. The quantitative estimate of drug-likeness (QED) is 0.371. The minimum atomic E-state index is 0.103. The molecular weight excluding hydrogens is 172 g/mol. The zero-order valence-corrected chi connectivity index (χ0v) is 9.26. The summed E-state index contributed by atoms with van der Waals surface area (Å²) in [6, 6.07) is 0. The van der Waals surface area contributed by atoms with Crippen molar-refractivity contribution in [3.8, 4) is 12.3 Å². The zero-order valence-electron chi connectivity index (χ0n) is 9.26. The molecule has 81 valence electrons. The van der Waals surface area contributed by atoms with Crippen LogP contribution in [0.15, 0.2) is 0 Å². The Labute approximate surface area is 88.9 Å². The van der Waals surface area contributed by atoms with Gasteiger partial charge in [0, 0.05) is 6.42 Å². The van der Waals surface area contributed by atoms with Crippen molar-refractivity contribution < 1.29 is 5.11 Å². The molecule has 0 bridgehead atoms. The van der Waals surface area contributed by atoms with E-state index in [1.54, 1.807) is 0 Å². The highest BCUT2D eigenvalue weighted by molar-refractivity contribution is 4.82. The van der Waals surface area contributed by atoms with Gasteiger partial charge in [-0.05, 0) is 12.8 Å². The molecule has 0 spiro atoms. The van der Waals surface area contributed by atoms with Crippen LogP contribution in [0.2, 0.25) is 0 Å². The first-order chi connectivity index (χ1) is 6.91. The van der Waals surface area contributed by atoms with Crippen molar-refractivity contribution in [3.63, 3.8) is 0 Å². The summed E-state index contributed by atoms with van der Waals surface area (Å²) in [4.78, 5) is 0. The Bertz CT molecular complexity index is 135. The van der Waals surface area contributed by atoms with E-state index in [9.17, 15) is 5.11 Å². The molecule has 0 aromatic rings. The molecule has 0 aliphatic heterocycles. The number of terminal acetylenes is 1. The first-order valence-electron chi connectivity index (χ1n) is 5.93. The second-order valence-electron chi connectivity index (χ2n) is 3.84. The van der Waals surface area contributed by atoms with Crippen LogP contribution < -0.4 is 0 Å². The standard InChI is InChI=1S/C13H23O/c1-2-3-4-5-6-7-8-9-10-11-12-13-14/h1H,3-13H2. The van der Waals surface area contributed by atoms with E-state index in [2.05, 4.69) is 5.92 Å². The predicted octanol–water partition coefficient (Wildman–Crippen LogP) is 3.95. The highest BCUT2D eigenvalue weighted by atomic mass is 16.2. The maximum atomic E-state index is 10.1. The summed E-state index contributed by atoms with van der Waals surface area (Å²) >= 11 is 0. The summed E-state index contributed by atoms with van der Waals surface area (Å²) in [5, 5.41) is 10.1. The van der Waals surface area contributed by atoms with E-state index in [1.807, 2.05) is 0 Å².